The van der Waals surface area contributed by atoms with Gasteiger partial charge >= 0.3 is 0 Å². The van der Waals surface area contributed by atoms with Gasteiger partial charge in [-0.3, -0.25) is 24.2 Å². The van der Waals surface area contributed by atoms with Gasteiger partial charge in [-0.25, -0.2) is 4.98 Å². The number of nitrogens with zero attached hydrogens (tertiary/aromatic N) is 6. The van der Waals surface area contributed by atoms with Crippen LogP contribution in [0.15, 0.2) is 23.7 Å². The maximum atomic E-state index is 14.0. The molecule has 0 unspecified atom stereocenters. The second kappa shape index (κ2) is 14.9. The Morgan fingerprint density at radius 1 is 1.17 bits per heavy atom. The van der Waals surface area contributed by atoms with Gasteiger partial charge in [0, 0.05) is 50.5 Å². The summed E-state index contributed by atoms with van der Waals surface area (Å²) in [6, 6.07) is -1.14. The molecule has 2 aliphatic heterocycles. The number of hydrazone groups is 1. The maximum Gasteiger partial charge on any atom is 0.278 e. The Morgan fingerprint density at radius 3 is 2.60 bits per heavy atom. The summed E-state index contributed by atoms with van der Waals surface area (Å²) in [5.41, 5.74) is 5.71. The van der Waals surface area contributed by atoms with Crippen molar-refractivity contribution in [1.82, 2.24) is 30.4 Å². The van der Waals surface area contributed by atoms with E-state index in [9.17, 15) is 19.2 Å². The highest BCUT2D eigenvalue weighted by molar-refractivity contribution is 5.93. The zero-order valence-corrected chi connectivity index (χ0v) is 24.0. The van der Waals surface area contributed by atoms with E-state index in [0.717, 1.165) is 45.3 Å². The Bertz CT molecular complexity index is 1110. The van der Waals surface area contributed by atoms with Gasteiger partial charge in [-0.1, -0.05) is 0 Å². The summed E-state index contributed by atoms with van der Waals surface area (Å²) in [5.74, 6) is 4.03. The molecular formula is C27H43N10O5+. The number of nitrogens with one attached hydrogen (secondary N) is 2. The number of carbonyl (C=O) groups excluding carboxylic acids is 4. The number of hydrogen-bond acceptors (Lipinski definition) is 9. The zero-order chi connectivity index (χ0) is 30.0. The molecule has 1 aromatic rings. The van der Waals surface area contributed by atoms with Crippen molar-refractivity contribution in [3.63, 3.8) is 0 Å². The second-order valence-electron chi connectivity index (χ2n) is 11.4. The number of likely N-dealkylation sites (tertiary alicyclic amines) is 1. The van der Waals surface area contributed by atoms with Crippen LogP contribution < -0.4 is 22.2 Å². The van der Waals surface area contributed by atoms with Gasteiger partial charge in [0.15, 0.2) is 6.54 Å². The standard InChI is InChI=1S/C27H42N10O5/c28-24(38)14-23(27(41)33-8-7-32-26(40)22-15-30-5-6-31-22)36(21-3-4-21)25(39)18-37(10-12-42-13-11-37)17-20-2-1-9-35(16-20)19-34-29/h5-6,15,19-21,23H,1-4,7-14,16-18,29H2,(H3-,28,32,33,38,40,41)/p+1/t20-,23-/m0/s1. The molecule has 15 nitrogen and oxygen atoms in total. The normalized spacial score (nSPS) is 21.0. The number of ether oxygens (including phenoxy) is 1. The van der Waals surface area contributed by atoms with Crippen LogP contribution >= 0.6 is 0 Å². The van der Waals surface area contributed by atoms with Crippen LogP contribution in [0.25, 0.3) is 0 Å². The molecule has 15 heteroatoms. The van der Waals surface area contributed by atoms with Crippen molar-refractivity contribution >= 4 is 30.0 Å². The van der Waals surface area contributed by atoms with E-state index in [-0.39, 0.29) is 43.7 Å². The lowest BCUT2D eigenvalue weighted by Crippen LogP contribution is -2.63. The van der Waals surface area contributed by atoms with Gasteiger partial charge in [0.2, 0.25) is 11.8 Å². The van der Waals surface area contributed by atoms with Crippen molar-refractivity contribution < 1.29 is 28.4 Å². The van der Waals surface area contributed by atoms with Crippen molar-refractivity contribution in [2.75, 3.05) is 65.6 Å². The first-order valence-electron chi connectivity index (χ1n) is 14.6. The van der Waals surface area contributed by atoms with E-state index in [0.29, 0.717) is 36.7 Å². The van der Waals surface area contributed by atoms with Crippen molar-refractivity contribution in [1.29, 1.82) is 0 Å². The van der Waals surface area contributed by atoms with E-state index < -0.39 is 23.8 Å². The van der Waals surface area contributed by atoms with Crippen LogP contribution in [-0.4, -0.2) is 132 Å². The zero-order valence-electron chi connectivity index (χ0n) is 24.0. The lowest BCUT2D eigenvalue weighted by molar-refractivity contribution is -0.931. The first-order chi connectivity index (χ1) is 20.3. The van der Waals surface area contributed by atoms with E-state index >= 15 is 0 Å². The molecule has 230 valence electrons. The van der Waals surface area contributed by atoms with Crippen LogP contribution in [0.5, 0.6) is 0 Å². The van der Waals surface area contributed by atoms with Crippen molar-refractivity contribution in [2.24, 2.45) is 22.6 Å². The minimum Gasteiger partial charge on any atom is -0.370 e. The van der Waals surface area contributed by atoms with Gasteiger partial charge in [0.25, 0.3) is 11.8 Å². The average molecular weight is 588 g/mol. The number of primary amides is 1. The minimum absolute atomic E-state index is 0.106. The third-order valence-corrected chi connectivity index (χ3v) is 8.08. The molecule has 1 saturated carbocycles. The summed E-state index contributed by atoms with van der Waals surface area (Å²) in [6.45, 7) is 5.51. The summed E-state index contributed by atoms with van der Waals surface area (Å²) >= 11 is 0. The summed E-state index contributed by atoms with van der Waals surface area (Å²) in [6.07, 6.45) is 9.22. The monoisotopic (exact) mass is 587 g/mol. The van der Waals surface area contributed by atoms with Crippen LogP contribution in [-0.2, 0) is 19.1 Å². The Balaban J connectivity index is 1.41. The van der Waals surface area contributed by atoms with Crippen molar-refractivity contribution in [3.05, 3.63) is 24.3 Å². The summed E-state index contributed by atoms with van der Waals surface area (Å²) in [5, 5.41) is 9.11. The predicted octanol–water partition coefficient (Wildman–Crippen LogP) is -1.98. The Labute approximate surface area is 245 Å². The van der Waals surface area contributed by atoms with E-state index in [4.69, 9.17) is 16.3 Å². The smallest absolute Gasteiger partial charge is 0.278 e. The Morgan fingerprint density at radius 2 is 1.93 bits per heavy atom. The van der Waals surface area contributed by atoms with Crippen LogP contribution in [0, 0.1) is 5.92 Å². The molecule has 1 aromatic heterocycles. The molecule has 3 aliphatic rings. The number of quaternary nitrogens is 1. The molecule has 2 atom stereocenters. The molecule has 42 heavy (non-hydrogen) atoms. The second-order valence-corrected chi connectivity index (χ2v) is 11.4. The van der Waals surface area contributed by atoms with Gasteiger partial charge in [-0.15, -0.1) is 0 Å². The van der Waals surface area contributed by atoms with Gasteiger partial charge in [0.1, 0.15) is 31.2 Å². The van der Waals surface area contributed by atoms with Gasteiger partial charge in [-0.05, 0) is 25.7 Å². The lowest BCUT2D eigenvalue weighted by Gasteiger charge is -2.45. The number of aromatic nitrogens is 2. The SMILES string of the molecule is NN=CN1CCC[C@H](C[N+]2(CC(=O)N(C3CC3)[C@@H](CC(N)=O)C(=O)NCCNC(=O)c3cnccn3)CCOCC2)C1. The summed E-state index contributed by atoms with van der Waals surface area (Å²) in [7, 11) is 0. The number of piperidine rings is 1. The average Bonchev–Trinajstić information content (AvgIpc) is 3.81. The molecule has 0 spiro atoms. The number of hydrogen-bond donors (Lipinski definition) is 4. The third kappa shape index (κ3) is 8.82. The molecule has 4 amide bonds. The number of amides is 4. The fraction of sp³-hybridized carbons (Fsp3) is 0.667. The molecule has 3 heterocycles. The fourth-order valence-electron chi connectivity index (χ4n) is 5.98. The molecule has 0 bridgehead atoms. The van der Waals surface area contributed by atoms with Gasteiger partial charge in [0.05, 0.1) is 32.4 Å². The molecule has 0 radical (unpaired) electrons. The fourth-order valence-corrected chi connectivity index (χ4v) is 5.98. The number of morpholine rings is 1. The molecule has 6 N–H and O–H groups in total. The maximum absolute atomic E-state index is 14.0. The van der Waals surface area contributed by atoms with Crippen molar-refractivity contribution in [3.8, 4) is 0 Å². The summed E-state index contributed by atoms with van der Waals surface area (Å²) in [4.78, 5) is 63.2. The third-order valence-electron chi connectivity index (χ3n) is 8.08. The molecule has 1 aliphatic carbocycles. The molecular weight excluding hydrogens is 544 g/mol. The van der Waals surface area contributed by atoms with E-state index in [2.05, 4.69) is 30.6 Å². The quantitative estimate of drug-likeness (QED) is 0.0476. The number of nitrogens with two attached hydrogens (primary N) is 2. The molecule has 0 aromatic carbocycles. The molecule has 3 fully saturated rings. The van der Waals surface area contributed by atoms with Crippen LogP contribution in [0.2, 0.25) is 0 Å². The van der Waals surface area contributed by atoms with Crippen LogP contribution in [0.4, 0.5) is 0 Å². The Hall–Kier alpha value is -3.85. The minimum atomic E-state index is -1.02. The molecule has 2 saturated heterocycles. The van der Waals surface area contributed by atoms with Gasteiger partial charge < -0.3 is 41.2 Å². The highest BCUT2D eigenvalue weighted by atomic mass is 16.5. The van der Waals surface area contributed by atoms with E-state index in [1.165, 1.54) is 18.6 Å². The molecule has 4 rings (SSSR count). The van der Waals surface area contributed by atoms with E-state index in [1.807, 2.05) is 0 Å². The Kier molecular flexibility index (Phi) is 11.0. The van der Waals surface area contributed by atoms with Gasteiger partial charge in [-0.2, -0.15) is 5.10 Å². The first-order valence-corrected chi connectivity index (χ1v) is 14.6. The van der Waals surface area contributed by atoms with Crippen LogP contribution in [0.1, 0.15) is 42.6 Å². The number of rotatable bonds is 14. The topological polar surface area (TPSA) is 198 Å². The predicted molar refractivity (Wildman–Crippen MR) is 152 cm³/mol. The highest BCUT2D eigenvalue weighted by Gasteiger charge is 2.45. The van der Waals surface area contributed by atoms with Crippen molar-refractivity contribution in [2.45, 2.75) is 44.2 Å². The lowest BCUT2D eigenvalue weighted by atomic mass is 9.96. The summed E-state index contributed by atoms with van der Waals surface area (Å²) < 4.78 is 6.23. The number of carbonyl (C=O) groups is 4. The highest BCUT2D eigenvalue weighted by Crippen LogP contribution is 2.31. The van der Waals surface area contributed by atoms with E-state index in [1.54, 1.807) is 11.2 Å². The van der Waals surface area contributed by atoms with Crippen LogP contribution in [0.3, 0.4) is 0 Å². The first kappa shape index (κ1) is 31.1. The largest absolute Gasteiger partial charge is 0.370 e.